The van der Waals surface area contributed by atoms with E-state index in [9.17, 15) is 4.79 Å². The van der Waals surface area contributed by atoms with Gasteiger partial charge in [-0.1, -0.05) is 18.7 Å². The monoisotopic (exact) mass is 220 g/mol. The average molecular weight is 220 g/mol. The molecule has 0 unspecified atom stereocenters. The van der Waals surface area contributed by atoms with Crippen molar-refractivity contribution in [1.82, 2.24) is 0 Å². The third-order valence-corrected chi connectivity index (χ3v) is 2.39. The topological polar surface area (TPSA) is 55.8 Å². The third-order valence-electron chi connectivity index (χ3n) is 2.39. The van der Waals surface area contributed by atoms with E-state index in [4.69, 9.17) is 14.6 Å². The summed E-state index contributed by atoms with van der Waals surface area (Å²) in [6.45, 7) is 4.95. The lowest BCUT2D eigenvalue weighted by atomic mass is 10.0. The summed E-state index contributed by atoms with van der Waals surface area (Å²) in [5.41, 5.74) is 1.61. The first-order valence-electron chi connectivity index (χ1n) is 4.94. The fourth-order valence-corrected chi connectivity index (χ4v) is 1.55. The van der Waals surface area contributed by atoms with Gasteiger partial charge in [-0.2, -0.15) is 0 Å². The zero-order chi connectivity index (χ0) is 11.5. The Morgan fingerprint density at radius 3 is 2.56 bits per heavy atom. The molecule has 1 saturated heterocycles. The number of carbonyl (C=O) groups is 1. The van der Waals surface area contributed by atoms with Gasteiger partial charge < -0.3 is 14.6 Å². The Hall–Kier alpha value is -1.65. The maximum Gasteiger partial charge on any atom is 0.335 e. The molecule has 0 spiro atoms. The largest absolute Gasteiger partial charge is 0.478 e. The number of rotatable bonds is 3. The first-order chi connectivity index (χ1) is 7.68. The summed E-state index contributed by atoms with van der Waals surface area (Å²) >= 11 is 0. The first kappa shape index (κ1) is 10.9. The van der Waals surface area contributed by atoms with E-state index >= 15 is 0 Å². The van der Waals surface area contributed by atoms with Crippen LogP contribution in [0.25, 0.3) is 5.57 Å². The molecular formula is C12H12O4. The summed E-state index contributed by atoms with van der Waals surface area (Å²) < 4.78 is 10.6. The predicted octanol–water partition coefficient (Wildman–Crippen LogP) is 1.77. The van der Waals surface area contributed by atoms with Gasteiger partial charge in [-0.25, -0.2) is 4.79 Å². The lowest BCUT2D eigenvalue weighted by Crippen LogP contribution is -2.10. The molecule has 1 heterocycles. The van der Waals surface area contributed by atoms with Crippen LogP contribution in [0, 0.1) is 0 Å². The Morgan fingerprint density at radius 2 is 1.94 bits per heavy atom. The summed E-state index contributed by atoms with van der Waals surface area (Å²) in [5, 5.41) is 8.86. The second-order valence-corrected chi connectivity index (χ2v) is 3.48. The minimum atomic E-state index is -0.956. The number of ether oxygens (including phenoxy) is 2. The second-order valence-electron chi connectivity index (χ2n) is 3.48. The van der Waals surface area contributed by atoms with Crippen molar-refractivity contribution in [2.75, 3.05) is 13.2 Å². The van der Waals surface area contributed by atoms with Crippen molar-refractivity contribution in [3.05, 3.63) is 42.0 Å². The Balaban J connectivity index is 2.22. The molecule has 0 amide bonds. The van der Waals surface area contributed by atoms with E-state index in [1.165, 1.54) is 6.07 Å². The third kappa shape index (κ3) is 2.13. The van der Waals surface area contributed by atoms with E-state index in [-0.39, 0.29) is 5.56 Å². The maximum atomic E-state index is 10.8. The lowest BCUT2D eigenvalue weighted by molar-refractivity contribution is 0.00710. The van der Waals surface area contributed by atoms with Crippen LogP contribution in [0.1, 0.15) is 15.9 Å². The predicted molar refractivity (Wildman–Crippen MR) is 58.1 cm³/mol. The molecule has 4 nitrogen and oxygen atoms in total. The van der Waals surface area contributed by atoms with Crippen LogP contribution in [-0.4, -0.2) is 30.6 Å². The minimum absolute atomic E-state index is 0.233. The molecule has 1 aromatic carbocycles. The van der Waals surface area contributed by atoms with Crippen molar-refractivity contribution in [3.8, 4) is 0 Å². The van der Waals surface area contributed by atoms with E-state index in [0.717, 1.165) is 5.56 Å². The van der Waals surface area contributed by atoms with Gasteiger partial charge in [0.2, 0.25) is 0 Å². The van der Waals surface area contributed by atoms with Gasteiger partial charge in [0.05, 0.1) is 18.8 Å². The molecule has 16 heavy (non-hydrogen) atoms. The normalized spacial score (nSPS) is 16.2. The number of hydrogen-bond donors (Lipinski definition) is 1. The van der Waals surface area contributed by atoms with Crippen LogP contribution < -0.4 is 0 Å². The van der Waals surface area contributed by atoms with E-state index in [1.54, 1.807) is 18.2 Å². The van der Waals surface area contributed by atoms with Crippen LogP contribution in [0.5, 0.6) is 0 Å². The number of benzene rings is 1. The van der Waals surface area contributed by atoms with E-state index < -0.39 is 12.3 Å². The molecule has 0 atom stereocenters. The van der Waals surface area contributed by atoms with Crippen molar-refractivity contribution in [2.45, 2.75) is 6.29 Å². The maximum absolute atomic E-state index is 10.8. The molecule has 0 aromatic heterocycles. The van der Waals surface area contributed by atoms with Crippen LogP contribution >= 0.6 is 0 Å². The highest BCUT2D eigenvalue weighted by atomic mass is 16.7. The molecule has 0 bridgehead atoms. The van der Waals surface area contributed by atoms with Gasteiger partial charge in [-0.05, 0) is 17.7 Å². The molecule has 0 radical (unpaired) electrons. The molecule has 1 fully saturated rings. The Labute approximate surface area is 93.1 Å². The number of carboxylic acids is 1. The van der Waals surface area contributed by atoms with Crippen molar-refractivity contribution in [2.24, 2.45) is 0 Å². The summed E-state index contributed by atoms with van der Waals surface area (Å²) in [4.78, 5) is 10.8. The van der Waals surface area contributed by atoms with Crippen LogP contribution in [-0.2, 0) is 9.47 Å². The van der Waals surface area contributed by atoms with Crippen LogP contribution in [0.4, 0.5) is 0 Å². The van der Waals surface area contributed by atoms with E-state index in [1.807, 2.05) is 0 Å². The molecule has 84 valence electrons. The molecular weight excluding hydrogens is 208 g/mol. The fraction of sp³-hybridized carbons (Fsp3) is 0.250. The molecule has 1 aliphatic rings. The Kier molecular flexibility index (Phi) is 3.03. The summed E-state index contributed by atoms with van der Waals surface area (Å²) in [7, 11) is 0. The van der Waals surface area contributed by atoms with Gasteiger partial charge >= 0.3 is 5.97 Å². The van der Waals surface area contributed by atoms with Gasteiger partial charge in [-0.3, -0.25) is 0 Å². The van der Waals surface area contributed by atoms with Gasteiger partial charge in [0.1, 0.15) is 0 Å². The van der Waals surface area contributed by atoms with Gasteiger partial charge in [0.25, 0.3) is 0 Å². The number of hydrogen-bond acceptors (Lipinski definition) is 3. The summed E-state index contributed by atoms with van der Waals surface area (Å²) in [6.07, 6.45) is -0.455. The Morgan fingerprint density at radius 1 is 1.31 bits per heavy atom. The average Bonchev–Trinajstić information content (AvgIpc) is 2.81. The van der Waals surface area contributed by atoms with Crippen molar-refractivity contribution >= 4 is 11.5 Å². The minimum Gasteiger partial charge on any atom is -0.478 e. The lowest BCUT2D eigenvalue weighted by Gasteiger charge is -2.12. The van der Waals surface area contributed by atoms with Crippen LogP contribution in [0.15, 0.2) is 30.8 Å². The molecule has 1 aromatic rings. The Bertz CT molecular complexity index is 419. The molecule has 4 heteroatoms. The van der Waals surface area contributed by atoms with E-state index in [0.29, 0.717) is 18.8 Å². The molecule has 0 aliphatic carbocycles. The van der Waals surface area contributed by atoms with Gasteiger partial charge in [0.15, 0.2) is 6.29 Å². The van der Waals surface area contributed by atoms with Gasteiger partial charge in [-0.15, -0.1) is 0 Å². The summed E-state index contributed by atoms with van der Waals surface area (Å²) in [6, 6.07) is 6.57. The molecule has 0 saturated carbocycles. The first-order valence-corrected chi connectivity index (χ1v) is 4.94. The zero-order valence-corrected chi connectivity index (χ0v) is 8.68. The van der Waals surface area contributed by atoms with E-state index in [2.05, 4.69) is 6.58 Å². The highest BCUT2D eigenvalue weighted by Crippen LogP contribution is 2.23. The molecule has 2 rings (SSSR count). The van der Waals surface area contributed by atoms with Crippen LogP contribution in [0.3, 0.4) is 0 Å². The standard InChI is InChI=1S/C12H12O4/c1-8(12-15-5-6-16-12)9-3-2-4-10(7-9)11(13)14/h2-4,7,12H,1,5-6H2,(H,13,14). The number of carboxylic acid groups (broad SMARTS) is 1. The highest BCUT2D eigenvalue weighted by molar-refractivity contribution is 5.88. The van der Waals surface area contributed by atoms with Crippen molar-refractivity contribution < 1.29 is 19.4 Å². The second kappa shape index (κ2) is 4.47. The summed E-state index contributed by atoms with van der Waals surface area (Å²) in [5.74, 6) is -0.956. The quantitative estimate of drug-likeness (QED) is 0.843. The molecule has 1 N–H and O–H groups in total. The fourth-order valence-electron chi connectivity index (χ4n) is 1.55. The van der Waals surface area contributed by atoms with Crippen LogP contribution in [0.2, 0.25) is 0 Å². The zero-order valence-electron chi connectivity index (χ0n) is 8.68. The SMILES string of the molecule is C=C(c1cccc(C(=O)O)c1)C1OCCO1. The molecule has 1 aliphatic heterocycles. The highest BCUT2D eigenvalue weighted by Gasteiger charge is 2.20. The smallest absolute Gasteiger partial charge is 0.335 e. The number of aromatic carboxylic acids is 1. The van der Waals surface area contributed by atoms with Gasteiger partial charge in [0, 0.05) is 5.57 Å². The van der Waals surface area contributed by atoms with Crippen molar-refractivity contribution in [1.29, 1.82) is 0 Å². The van der Waals surface area contributed by atoms with Crippen molar-refractivity contribution in [3.63, 3.8) is 0 Å².